The molecule has 0 amide bonds. The van der Waals surface area contributed by atoms with Crippen molar-refractivity contribution in [2.75, 3.05) is 7.11 Å². The van der Waals surface area contributed by atoms with Crippen molar-refractivity contribution >= 4 is 23.2 Å². The Labute approximate surface area is 110 Å². The molecule has 2 rings (SSSR count). The van der Waals surface area contributed by atoms with Crippen LogP contribution in [-0.4, -0.2) is 16.9 Å². The zero-order valence-corrected chi connectivity index (χ0v) is 11.1. The van der Waals surface area contributed by atoms with Crippen LogP contribution in [0.4, 0.5) is 0 Å². The molecule has 0 aliphatic rings. The lowest BCUT2D eigenvalue weighted by Crippen LogP contribution is -2.00. The summed E-state index contributed by atoms with van der Waals surface area (Å²) in [6.07, 6.45) is 0. The second kappa shape index (κ2) is 4.98. The second-order valence-corrected chi connectivity index (χ2v) is 4.20. The fourth-order valence-corrected chi connectivity index (χ4v) is 2.37. The molecule has 17 heavy (non-hydrogen) atoms. The van der Waals surface area contributed by atoms with Gasteiger partial charge in [-0.3, -0.25) is 0 Å². The number of aromatic nitrogens is 2. The topological polar surface area (TPSA) is 27.1 Å². The Kier molecular flexibility index (Phi) is 3.60. The van der Waals surface area contributed by atoms with Crippen molar-refractivity contribution in [2.45, 2.75) is 12.8 Å². The van der Waals surface area contributed by atoms with Crippen LogP contribution in [0, 0.1) is 6.92 Å². The lowest BCUT2D eigenvalue weighted by Gasteiger charge is -2.08. The van der Waals surface area contributed by atoms with Crippen LogP contribution < -0.4 is 4.74 Å². The molecule has 0 fully saturated rings. The van der Waals surface area contributed by atoms with E-state index < -0.39 is 0 Å². The van der Waals surface area contributed by atoms with Crippen LogP contribution in [0.25, 0.3) is 5.69 Å². The van der Waals surface area contributed by atoms with Gasteiger partial charge >= 0.3 is 0 Å². The average Bonchev–Trinajstić information content (AvgIpc) is 2.64. The Hall–Kier alpha value is -1.19. The summed E-state index contributed by atoms with van der Waals surface area (Å²) in [6, 6.07) is 7.57. The van der Waals surface area contributed by atoms with Crippen LogP contribution >= 0.6 is 23.2 Å². The van der Waals surface area contributed by atoms with E-state index >= 15 is 0 Å². The summed E-state index contributed by atoms with van der Waals surface area (Å²) >= 11 is 12.1. The summed E-state index contributed by atoms with van der Waals surface area (Å²) in [4.78, 5) is 0. The van der Waals surface area contributed by atoms with Crippen LogP contribution in [0.15, 0.2) is 24.3 Å². The Morgan fingerprint density at radius 2 is 2.06 bits per heavy atom. The number of methoxy groups -OCH3 is 1. The molecular weight excluding hydrogens is 259 g/mol. The normalized spacial score (nSPS) is 10.6. The van der Waals surface area contributed by atoms with E-state index in [1.807, 2.05) is 31.2 Å². The number of halogens is 2. The summed E-state index contributed by atoms with van der Waals surface area (Å²) in [5.41, 5.74) is 2.48. The second-order valence-electron chi connectivity index (χ2n) is 3.57. The number of aryl methyl sites for hydroxylation is 1. The molecule has 0 saturated heterocycles. The first-order valence-corrected chi connectivity index (χ1v) is 6.03. The molecular formula is C12H12Cl2N2O. The Morgan fingerprint density at radius 3 is 2.65 bits per heavy atom. The monoisotopic (exact) mass is 270 g/mol. The van der Waals surface area contributed by atoms with Crippen molar-refractivity contribution in [1.29, 1.82) is 0 Å². The third-order valence-corrected chi connectivity index (χ3v) is 3.22. The van der Waals surface area contributed by atoms with Gasteiger partial charge in [-0.25, -0.2) is 4.68 Å². The summed E-state index contributed by atoms with van der Waals surface area (Å²) in [5, 5.41) is 4.91. The largest absolute Gasteiger partial charge is 0.494 e. The molecule has 0 N–H and O–H groups in total. The summed E-state index contributed by atoms with van der Waals surface area (Å²) in [5.74, 6) is 1.07. The van der Waals surface area contributed by atoms with Crippen LogP contribution in [0.3, 0.4) is 0 Å². The lowest BCUT2D eigenvalue weighted by molar-refractivity contribution is 0.411. The van der Waals surface area contributed by atoms with Gasteiger partial charge < -0.3 is 4.74 Å². The minimum Gasteiger partial charge on any atom is -0.494 e. The van der Waals surface area contributed by atoms with E-state index in [0.29, 0.717) is 11.0 Å². The van der Waals surface area contributed by atoms with Gasteiger partial charge in [-0.1, -0.05) is 23.7 Å². The lowest BCUT2D eigenvalue weighted by atomic mass is 10.3. The zero-order chi connectivity index (χ0) is 12.4. The molecule has 1 aromatic heterocycles. The van der Waals surface area contributed by atoms with Gasteiger partial charge in [0.25, 0.3) is 0 Å². The van der Waals surface area contributed by atoms with Gasteiger partial charge in [0.15, 0.2) is 0 Å². The van der Waals surface area contributed by atoms with Crippen LogP contribution in [0.5, 0.6) is 5.75 Å². The molecule has 5 heteroatoms. The van der Waals surface area contributed by atoms with Crippen molar-refractivity contribution < 1.29 is 4.74 Å². The highest BCUT2D eigenvalue weighted by Crippen LogP contribution is 2.29. The summed E-state index contributed by atoms with van der Waals surface area (Å²) < 4.78 is 6.93. The molecule has 0 unspecified atom stereocenters. The number of alkyl halides is 1. The van der Waals surface area contributed by atoms with Crippen molar-refractivity contribution in [2.24, 2.45) is 0 Å². The van der Waals surface area contributed by atoms with Crippen molar-refractivity contribution in [3.63, 3.8) is 0 Å². The number of hydrogen-bond acceptors (Lipinski definition) is 2. The highest BCUT2D eigenvalue weighted by Gasteiger charge is 2.15. The van der Waals surface area contributed by atoms with Gasteiger partial charge in [0.1, 0.15) is 16.6 Å². The van der Waals surface area contributed by atoms with Gasteiger partial charge in [0.05, 0.1) is 18.7 Å². The number of hydrogen-bond donors (Lipinski definition) is 0. The first-order valence-electron chi connectivity index (χ1n) is 5.12. The number of nitrogens with zero attached hydrogens (tertiary/aromatic N) is 2. The predicted molar refractivity (Wildman–Crippen MR) is 69.4 cm³/mol. The maximum atomic E-state index is 6.25. The third-order valence-electron chi connectivity index (χ3n) is 2.57. The number of rotatable bonds is 3. The first kappa shape index (κ1) is 12.3. The molecule has 2 aromatic rings. The quantitative estimate of drug-likeness (QED) is 0.798. The molecule has 0 bridgehead atoms. The molecule has 1 heterocycles. The van der Waals surface area contributed by atoms with Gasteiger partial charge in [-0.15, -0.1) is 11.6 Å². The minimum absolute atomic E-state index is 0.347. The molecule has 0 atom stereocenters. The van der Waals surface area contributed by atoms with E-state index in [9.17, 15) is 0 Å². The fraction of sp³-hybridized carbons (Fsp3) is 0.250. The van der Waals surface area contributed by atoms with E-state index in [4.69, 9.17) is 27.9 Å². The van der Waals surface area contributed by atoms with E-state index in [-0.39, 0.29) is 0 Å². The molecule has 0 aliphatic carbocycles. The smallest absolute Gasteiger partial charge is 0.144 e. The third kappa shape index (κ3) is 2.13. The summed E-state index contributed by atoms with van der Waals surface area (Å²) in [7, 11) is 1.62. The van der Waals surface area contributed by atoms with Crippen LogP contribution in [-0.2, 0) is 5.88 Å². The highest BCUT2D eigenvalue weighted by molar-refractivity contribution is 6.31. The minimum atomic E-state index is 0.347. The fourth-order valence-electron chi connectivity index (χ4n) is 1.65. The standard InChI is InChI=1S/C12H12Cl2N2O/c1-8-9(7-13)12(14)16(15-8)10-5-3-4-6-11(10)17-2/h3-6H,7H2,1-2H3. The van der Waals surface area contributed by atoms with Crippen molar-refractivity contribution in [3.05, 3.63) is 40.7 Å². The zero-order valence-electron chi connectivity index (χ0n) is 9.58. The maximum absolute atomic E-state index is 6.25. The molecule has 0 aliphatic heterocycles. The van der Waals surface area contributed by atoms with Crippen LogP contribution in [0.2, 0.25) is 5.15 Å². The first-order chi connectivity index (χ1) is 8.19. The van der Waals surface area contributed by atoms with Gasteiger partial charge in [0, 0.05) is 5.56 Å². The van der Waals surface area contributed by atoms with E-state index in [1.54, 1.807) is 11.8 Å². The van der Waals surface area contributed by atoms with Gasteiger partial charge in [-0.05, 0) is 19.1 Å². The Balaban J connectivity index is 2.61. The van der Waals surface area contributed by atoms with E-state index in [1.165, 1.54) is 0 Å². The molecule has 3 nitrogen and oxygen atoms in total. The van der Waals surface area contributed by atoms with E-state index in [0.717, 1.165) is 22.7 Å². The highest BCUT2D eigenvalue weighted by atomic mass is 35.5. The molecule has 1 aromatic carbocycles. The molecule has 90 valence electrons. The molecule has 0 spiro atoms. The van der Waals surface area contributed by atoms with E-state index in [2.05, 4.69) is 5.10 Å². The Morgan fingerprint density at radius 1 is 1.35 bits per heavy atom. The Bertz CT molecular complexity index is 537. The number of para-hydroxylation sites is 2. The predicted octanol–water partition coefficient (Wildman–Crippen LogP) is 3.58. The number of benzene rings is 1. The average molecular weight is 271 g/mol. The van der Waals surface area contributed by atoms with Gasteiger partial charge in [-0.2, -0.15) is 5.10 Å². The molecule has 0 radical (unpaired) electrons. The number of ether oxygens (including phenoxy) is 1. The van der Waals surface area contributed by atoms with Crippen molar-refractivity contribution in [3.8, 4) is 11.4 Å². The molecule has 0 saturated carbocycles. The van der Waals surface area contributed by atoms with Crippen LogP contribution in [0.1, 0.15) is 11.3 Å². The van der Waals surface area contributed by atoms with Gasteiger partial charge in [0.2, 0.25) is 0 Å². The summed E-state index contributed by atoms with van der Waals surface area (Å²) in [6.45, 7) is 1.88. The van der Waals surface area contributed by atoms with Crippen molar-refractivity contribution in [1.82, 2.24) is 9.78 Å². The SMILES string of the molecule is COc1ccccc1-n1nc(C)c(CCl)c1Cl. The maximum Gasteiger partial charge on any atom is 0.144 e.